The highest BCUT2D eigenvalue weighted by atomic mass is 14.7. The zero-order valence-corrected chi connectivity index (χ0v) is 7.09. The van der Waals surface area contributed by atoms with Gasteiger partial charge in [-0.15, -0.1) is 0 Å². The lowest BCUT2D eigenvalue weighted by Gasteiger charge is -2.02. The molecule has 0 atom stereocenters. The highest BCUT2D eigenvalue weighted by Gasteiger charge is 1.96. The Morgan fingerprint density at radius 1 is 1.64 bits per heavy atom. The second kappa shape index (κ2) is 3.33. The number of pyridine rings is 1. The van der Waals surface area contributed by atoms with Crippen LogP contribution in [-0.2, 0) is 6.42 Å². The molecule has 1 nitrogen and oxygen atoms in total. The predicted octanol–water partition coefficient (Wildman–Crippen LogP) is 2.60. The van der Waals surface area contributed by atoms with Gasteiger partial charge in [-0.05, 0) is 30.5 Å². The van der Waals surface area contributed by atoms with Crippen LogP contribution in [0.2, 0.25) is 0 Å². The molecule has 0 unspecified atom stereocenters. The maximum atomic E-state index is 4.19. The average Bonchev–Trinajstić information content (AvgIpc) is 2.04. The zero-order valence-electron chi connectivity index (χ0n) is 7.09. The topological polar surface area (TPSA) is 12.9 Å². The fourth-order valence-electron chi connectivity index (χ4n) is 1.12. The standard InChI is InChI=1S/C10H13N/c1-4-9-6-8(3)11-7-10(9)5-2/h5-7H,2,4H2,1,3H3. The minimum Gasteiger partial charge on any atom is -0.261 e. The van der Waals surface area contributed by atoms with E-state index >= 15 is 0 Å². The molecule has 0 spiro atoms. The first-order chi connectivity index (χ1) is 5.27. The van der Waals surface area contributed by atoms with Crippen molar-refractivity contribution in [3.05, 3.63) is 35.7 Å². The smallest absolute Gasteiger partial charge is 0.0375 e. The molecule has 1 heterocycles. The van der Waals surface area contributed by atoms with Crippen LogP contribution in [0, 0.1) is 6.92 Å². The van der Waals surface area contributed by atoms with Crippen LogP contribution < -0.4 is 0 Å². The SMILES string of the molecule is C=Cc1cnc(C)cc1CC. The third-order valence-electron chi connectivity index (χ3n) is 1.76. The van der Waals surface area contributed by atoms with Crippen molar-refractivity contribution in [3.63, 3.8) is 0 Å². The second-order valence-corrected chi connectivity index (χ2v) is 2.58. The van der Waals surface area contributed by atoms with Crippen LogP contribution in [0.1, 0.15) is 23.7 Å². The molecule has 58 valence electrons. The molecule has 0 fully saturated rings. The molecule has 0 saturated carbocycles. The van der Waals surface area contributed by atoms with Gasteiger partial charge in [-0.3, -0.25) is 4.98 Å². The summed E-state index contributed by atoms with van der Waals surface area (Å²) in [6.07, 6.45) is 4.77. The van der Waals surface area contributed by atoms with Gasteiger partial charge in [0.1, 0.15) is 0 Å². The van der Waals surface area contributed by atoms with Crippen LogP contribution in [0.25, 0.3) is 6.08 Å². The van der Waals surface area contributed by atoms with Gasteiger partial charge in [0.15, 0.2) is 0 Å². The predicted molar refractivity (Wildman–Crippen MR) is 48.4 cm³/mol. The first-order valence-corrected chi connectivity index (χ1v) is 3.86. The number of aromatic nitrogens is 1. The minimum absolute atomic E-state index is 1.05. The molecule has 1 rings (SSSR count). The molecule has 0 saturated heterocycles. The van der Waals surface area contributed by atoms with Crippen LogP contribution in [0.3, 0.4) is 0 Å². The van der Waals surface area contributed by atoms with E-state index in [0.29, 0.717) is 0 Å². The normalized spacial score (nSPS) is 9.64. The molecule has 0 N–H and O–H groups in total. The summed E-state index contributed by atoms with van der Waals surface area (Å²) in [6.45, 7) is 7.88. The number of hydrogen-bond donors (Lipinski definition) is 0. The highest BCUT2D eigenvalue weighted by Crippen LogP contribution is 2.10. The number of hydrogen-bond acceptors (Lipinski definition) is 1. The first kappa shape index (κ1) is 7.99. The van der Waals surface area contributed by atoms with Gasteiger partial charge in [-0.1, -0.05) is 19.6 Å². The van der Waals surface area contributed by atoms with Crippen molar-refractivity contribution < 1.29 is 0 Å². The summed E-state index contributed by atoms with van der Waals surface area (Å²) in [5, 5.41) is 0. The monoisotopic (exact) mass is 147 g/mol. The van der Waals surface area contributed by atoms with Gasteiger partial charge in [0, 0.05) is 11.9 Å². The lowest BCUT2D eigenvalue weighted by molar-refractivity contribution is 1.08. The van der Waals surface area contributed by atoms with Crippen LogP contribution in [0.15, 0.2) is 18.8 Å². The van der Waals surface area contributed by atoms with Gasteiger partial charge < -0.3 is 0 Å². The van der Waals surface area contributed by atoms with E-state index in [1.807, 2.05) is 19.2 Å². The van der Waals surface area contributed by atoms with E-state index in [2.05, 4.69) is 24.6 Å². The Morgan fingerprint density at radius 3 is 2.91 bits per heavy atom. The van der Waals surface area contributed by atoms with E-state index < -0.39 is 0 Å². The summed E-state index contributed by atoms with van der Waals surface area (Å²) in [4.78, 5) is 4.19. The number of rotatable bonds is 2. The van der Waals surface area contributed by atoms with Crippen molar-refractivity contribution in [1.82, 2.24) is 4.98 Å². The fraction of sp³-hybridized carbons (Fsp3) is 0.300. The quantitative estimate of drug-likeness (QED) is 0.626. The average molecular weight is 147 g/mol. The Bertz CT molecular complexity index is 264. The molecule has 1 aromatic rings. The third kappa shape index (κ3) is 1.67. The lowest BCUT2D eigenvalue weighted by atomic mass is 10.1. The summed E-state index contributed by atoms with van der Waals surface area (Å²) in [5.74, 6) is 0. The van der Waals surface area contributed by atoms with Gasteiger partial charge in [0.05, 0.1) is 0 Å². The van der Waals surface area contributed by atoms with Crippen molar-refractivity contribution in [2.75, 3.05) is 0 Å². The van der Waals surface area contributed by atoms with Gasteiger partial charge in [0.25, 0.3) is 0 Å². The molecule has 0 amide bonds. The molecule has 0 aromatic carbocycles. The molecule has 11 heavy (non-hydrogen) atoms. The van der Waals surface area contributed by atoms with Crippen molar-refractivity contribution >= 4 is 6.08 Å². The Balaban J connectivity index is 3.16. The lowest BCUT2D eigenvalue weighted by Crippen LogP contribution is -1.90. The van der Waals surface area contributed by atoms with E-state index in [1.165, 1.54) is 5.56 Å². The summed E-state index contributed by atoms with van der Waals surface area (Å²) in [5.41, 5.74) is 3.55. The Morgan fingerprint density at radius 2 is 2.36 bits per heavy atom. The molecule has 1 aromatic heterocycles. The number of aryl methyl sites for hydroxylation is 2. The Labute approximate surface area is 67.8 Å². The third-order valence-corrected chi connectivity index (χ3v) is 1.76. The molecular weight excluding hydrogens is 134 g/mol. The van der Waals surface area contributed by atoms with E-state index in [4.69, 9.17) is 0 Å². The largest absolute Gasteiger partial charge is 0.261 e. The summed E-state index contributed by atoms with van der Waals surface area (Å²) in [6, 6.07) is 2.11. The van der Waals surface area contributed by atoms with E-state index in [9.17, 15) is 0 Å². The maximum absolute atomic E-state index is 4.19. The fourth-order valence-corrected chi connectivity index (χ4v) is 1.12. The summed E-state index contributed by atoms with van der Waals surface area (Å²) < 4.78 is 0. The maximum Gasteiger partial charge on any atom is 0.0375 e. The first-order valence-electron chi connectivity index (χ1n) is 3.86. The summed E-state index contributed by atoms with van der Waals surface area (Å²) >= 11 is 0. The van der Waals surface area contributed by atoms with Gasteiger partial charge >= 0.3 is 0 Å². The van der Waals surface area contributed by atoms with E-state index in [-0.39, 0.29) is 0 Å². The Kier molecular flexibility index (Phi) is 2.42. The Hall–Kier alpha value is -1.11. The highest BCUT2D eigenvalue weighted by molar-refractivity contribution is 5.50. The van der Waals surface area contributed by atoms with Crippen molar-refractivity contribution in [2.45, 2.75) is 20.3 Å². The number of nitrogens with zero attached hydrogens (tertiary/aromatic N) is 1. The van der Waals surface area contributed by atoms with Crippen LogP contribution >= 0.6 is 0 Å². The van der Waals surface area contributed by atoms with Crippen LogP contribution in [-0.4, -0.2) is 4.98 Å². The minimum atomic E-state index is 1.05. The molecule has 1 heteroatoms. The second-order valence-electron chi connectivity index (χ2n) is 2.58. The zero-order chi connectivity index (χ0) is 8.27. The van der Waals surface area contributed by atoms with Crippen LogP contribution in [0.4, 0.5) is 0 Å². The summed E-state index contributed by atoms with van der Waals surface area (Å²) in [7, 11) is 0. The molecule has 0 aliphatic heterocycles. The molecule has 0 radical (unpaired) electrons. The van der Waals surface area contributed by atoms with Gasteiger partial charge in [0.2, 0.25) is 0 Å². The van der Waals surface area contributed by atoms with E-state index in [1.54, 1.807) is 0 Å². The van der Waals surface area contributed by atoms with E-state index in [0.717, 1.165) is 17.7 Å². The van der Waals surface area contributed by atoms with Gasteiger partial charge in [-0.2, -0.15) is 0 Å². The molecule has 0 aliphatic rings. The van der Waals surface area contributed by atoms with Crippen molar-refractivity contribution in [3.8, 4) is 0 Å². The molecule has 0 aliphatic carbocycles. The van der Waals surface area contributed by atoms with Crippen LogP contribution in [0.5, 0.6) is 0 Å². The molecule has 0 bridgehead atoms. The van der Waals surface area contributed by atoms with Crippen molar-refractivity contribution in [1.29, 1.82) is 0 Å². The van der Waals surface area contributed by atoms with Crippen molar-refractivity contribution in [2.24, 2.45) is 0 Å². The van der Waals surface area contributed by atoms with Gasteiger partial charge in [-0.25, -0.2) is 0 Å². The molecular formula is C10H13N.